The zero-order valence-electron chi connectivity index (χ0n) is 9.78. The third-order valence-corrected chi connectivity index (χ3v) is 3.15. The van der Waals surface area contributed by atoms with Gasteiger partial charge in [0, 0.05) is 18.9 Å². The number of carbonyl (C=O) groups is 1. The van der Waals surface area contributed by atoms with Crippen LogP contribution in [0.3, 0.4) is 0 Å². The highest BCUT2D eigenvalue weighted by Gasteiger charge is 2.23. The minimum atomic E-state index is -0.0322. The van der Waals surface area contributed by atoms with Crippen molar-refractivity contribution in [2.75, 3.05) is 6.54 Å². The normalized spacial score (nSPS) is 21.7. The molecule has 1 aliphatic heterocycles. The molecule has 1 aromatic heterocycles. The van der Waals surface area contributed by atoms with Gasteiger partial charge in [0.15, 0.2) is 5.82 Å². The van der Waals surface area contributed by atoms with Gasteiger partial charge >= 0.3 is 0 Å². The molecular weight excluding hydrogens is 202 g/mol. The average molecular weight is 221 g/mol. The van der Waals surface area contributed by atoms with E-state index in [1.165, 1.54) is 12.8 Å². The van der Waals surface area contributed by atoms with Crippen molar-refractivity contribution in [3.05, 3.63) is 18.2 Å². The van der Waals surface area contributed by atoms with Crippen LogP contribution in [0.25, 0.3) is 0 Å². The minimum absolute atomic E-state index is 0.0322. The Morgan fingerprint density at radius 2 is 2.44 bits per heavy atom. The highest BCUT2D eigenvalue weighted by atomic mass is 16.1. The first-order chi connectivity index (χ1) is 7.83. The van der Waals surface area contributed by atoms with E-state index in [1.807, 2.05) is 17.7 Å². The van der Waals surface area contributed by atoms with Crippen molar-refractivity contribution in [2.24, 2.45) is 0 Å². The number of hydrogen-bond acceptors (Lipinski definition) is 3. The standard InChI is InChI=1S/C12H19N3O/c1-2-15-9-8-14-12(15)11(16)10-6-4-3-5-7-13-10/h8-10,13H,2-7H2,1H3. The topological polar surface area (TPSA) is 46.9 Å². The highest BCUT2D eigenvalue weighted by Crippen LogP contribution is 2.12. The number of ketones is 1. The summed E-state index contributed by atoms with van der Waals surface area (Å²) in [7, 11) is 0. The zero-order chi connectivity index (χ0) is 11.4. The fourth-order valence-corrected chi connectivity index (χ4v) is 2.20. The number of Topliss-reactive ketones (excluding diaryl/α,β-unsaturated/α-hetero) is 1. The second kappa shape index (κ2) is 5.25. The molecule has 1 unspecified atom stereocenters. The molecule has 0 bridgehead atoms. The van der Waals surface area contributed by atoms with Gasteiger partial charge in [0.1, 0.15) is 0 Å². The van der Waals surface area contributed by atoms with E-state index in [-0.39, 0.29) is 11.8 Å². The number of nitrogens with one attached hydrogen (secondary N) is 1. The maximum absolute atomic E-state index is 12.2. The summed E-state index contributed by atoms with van der Waals surface area (Å²) in [6, 6.07) is -0.0322. The van der Waals surface area contributed by atoms with Crippen molar-refractivity contribution >= 4 is 5.78 Å². The summed E-state index contributed by atoms with van der Waals surface area (Å²) >= 11 is 0. The van der Waals surface area contributed by atoms with Crippen molar-refractivity contribution in [2.45, 2.75) is 45.2 Å². The van der Waals surface area contributed by atoms with E-state index in [0.29, 0.717) is 5.82 Å². The van der Waals surface area contributed by atoms with E-state index in [4.69, 9.17) is 0 Å². The summed E-state index contributed by atoms with van der Waals surface area (Å²) in [5.74, 6) is 0.746. The van der Waals surface area contributed by atoms with E-state index in [2.05, 4.69) is 10.3 Å². The molecular formula is C12H19N3O. The molecule has 1 atom stereocenters. The third kappa shape index (κ3) is 2.32. The summed E-state index contributed by atoms with van der Waals surface area (Å²) in [6.07, 6.45) is 8.04. The Hall–Kier alpha value is -1.16. The van der Waals surface area contributed by atoms with Crippen LogP contribution in [-0.2, 0) is 6.54 Å². The molecule has 1 saturated heterocycles. The predicted molar refractivity (Wildman–Crippen MR) is 62.5 cm³/mol. The Bertz CT molecular complexity index is 351. The van der Waals surface area contributed by atoms with E-state index in [0.717, 1.165) is 25.9 Å². The van der Waals surface area contributed by atoms with Gasteiger partial charge in [-0.15, -0.1) is 0 Å². The van der Waals surface area contributed by atoms with Gasteiger partial charge in [-0.05, 0) is 26.3 Å². The second-order valence-corrected chi connectivity index (χ2v) is 4.26. The first-order valence-corrected chi connectivity index (χ1v) is 6.11. The largest absolute Gasteiger partial charge is 0.329 e. The molecule has 1 aromatic rings. The zero-order valence-corrected chi connectivity index (χ0v) is 9.78. The number of carbonyl (C=O) groups excluding carboxylic acids is 1. The molecule has 88 valence electrons. The number of imidazole rings is 1. The van der Waals surface area contributed by atoms with Crippen LogP contribution in [0.2, 0.25) is 0 Å². The fraction of sp³-hybridized carbons (Fsp3) is 0.667. The number of aryl methyl sites for hydroxylation is 1. The SMILES string of the molecule is CCn1ccnc1C(=O)C1CCCCCN1. The monoisotopic (exact) mass is 221 g/mol. The molecule has 2 rings (SSSR count). The lowest BCUT2D eigenvalue weighted by atomic mass is 10.1. The number of aromatic nitrogens is 2. The molecule has 1 fully saturated rings. The molecule has 1 aliphatic rings. The van der Waals surface area contributed by atoms with Crippen molar-refractivity contribution in [3.63, 3.8) is 0 Å². The Morgan fingerprint density at radius 1 is 1.56 bits per heavy atom. The number of hydrogen-bond donors (Lipinski definition) is 1. The molecule has 0 aliphatic carbocycles. The highest BCUT2D eigenvalue weighted by molar-refractivity contribution is 5.97. The molecule has 16 heavy (non-hydrogen) atoms. The van der Waals surface area contributed by atoms with Gasteiger partial charge in [-0.2, -0.15) is 0 Å². The second-order valence-electron chi connectivity index (χ2n) is 4.26. The van der Waals surface area contributed by atoms with Crippen LogP contribution in [0.4, 0.5) is 0 Å². The van der Waals surface area contributed by atoms with Crippen molar-refractivity contribution in [1.82, 2.24) is 14.9 Å². The van der Waals surface area contributed by atoms with Crippen LogP contribution in [0.1, 0.15) is 43.2 Å². The lowest BCUT2D eigenvalue weighted by Gasteiger charge is -2.14. The lowest BCUT2D eigenvalue weighted by Crippen LogP contribution is -2.37. The molecule has 0 saturated carbocycles. The van der Waals surface area contributed by atoms with Gasteiger partial charge in [0.2, 0.25) is 5.78 Å². The van der Waals surface area contributed by atoms with Gasteiger partial charge < -0.3 is 9.88 Å². The van der Waals surface area contributed by atoms with Crippen molar-refractivity contribution < 1.29 is 4.79 Å². The minimum Gasteiger partial charge on any atom is -0.329 e. The van der Waals surface area contributed by atoms with Gasteiger partial charge in [0.25, 0.3) is 0 Å². The molecule has 0 aromatic carbocycles. The maximum Gasteiger partial charge on any atom is 0.215 e. The molecule has 0 radical (unpaired) electrons. The molecule has 4 heteroatoms. The molecule has 0 spiro atoms. The summed E-state index contributed by atoms with van der Waals surface area (Å²) < 4.78 is 1.91. The van der Waals surface area contributed by atoms with Crippen LogP contribution >= 0.6 is 0 Å². The Labute approximate surface area is 96.1 Å². The van der Waals surface area contributed by atoms with Gasteiger partial charge in [-0.25, -0.2) is 4.98 Å². The maximum atomic E-state index is 12.2. The average Bonchev–Trinajstić information content (AvgIpc) is 2.61. The van der Waals surface area contributed by atoms with Gasteiger partial charge in [-0.3, -0.25) is 4.79 Å². The van der Waals surface area contributed by atoms with Crippen LogP contribution in [0, 0.1) is 0 Å². The first-order valence-electron chi connectivity index (χ1n) is 6.11. The van der Waals surface area contributed by atoms with E-state index >= 15 is 0 Å². The van der Waals surface area contributed by atoms with Gasteiger partial charge in [-0.1, -0.05) is 12.8 Å². The van der Waals surface area contributed by atoms with E-state index < -0.39 is 0 Å². The predicted octanol–water partition coefficient (Wildman–Crippen LogP) is 1.62. The lowest BCUT2D eigenvalue weighted by molar-refractivity contribution is 0.0926. The summed E-state index contributed by atoms with van der Waals surface area (Å²) in [5, 5.41) is 3.32. The van der Waals surface area contributed by atoms with Crippen LogP contribution < -0.4 is 5.32 Å². The Kier molecular flexibility index (Phi) is 3.72. The van der Waals surface area contributed by atoms with Crippen LogP contribution in [-0.4, -0.2) is 27.9 Å². The number of nitrogens with zero attached hydrogens (tertiary/aromatic N) is 2. The Balaban J connectivity index is 2.11. The van der Waals surface area contributed by atoms with Crippen LogP contribution in [0.5, 0.6) is 0 Å². The molecule has 1 N–H and O–H groups in total. The first kappa shape index (κ1) is 11.3. The summed E-state index contributed by atoms with van der Waals surface area (Å²) in [6.45, 7) is 3.77. The van der Waals surface area contributed by atoms with Crippen LogP contribution in [0.15, 0.2) is 12.4 Å². The van der Waals surface area contributed by atoms with E-state index in [9.17, 15) is 4.79 Å². The van der Waals surface area contributed by atoms with Crippen molar-refractivity contribution in [3.8, 4) is 0 Å². The van der Waals surface area contributed by atoms with Gasteiger partial charge in [0.05, 0.1) is 6.04 Å². The Morgan fingerprint density at radius 3 is 3.25 bits per heavy atom. The molecule has 4 nitrogen and oxygen atoms in total. The smallest absolute Gasteiger partial charge is 0.215 e. The number of rotatable bonds is 3. The summed E-state index contributed by atoms with van der Waals surface area (Å²) in [4.78, 5) is 16.4. The van der Waals surface area contributed by atoms with E-state index in [1.54, 1.807) is 6.20 Å². The quantitative estimate of drug-likeness (QED) is 0.789. The molecule has 2 heterocycles. The fourth-order valence-electron chi connectivity index (χ4n) is 2.20. The molecule has 0 amide bonds. The third-order valence-electron chi connectivity index (χ3n) is 3.15. The summed E-state index contributed by atoms with van der Waals surface area (Å²) in [5.41, 5.74) is 0. The van der Waals surface area contributed by atoms with Crippen molar-refractivity contribution in [1.29, 1.82) is 0 Å².